The molecule has 0 saturated heterocycles. The van der Waals surface area contributed by atoms with E-state index in [1.807, 2.05) is 6.92 Å². The normalized spacial score (nSPS) is 16.2. The highest BCUT2D eigenvalue weighted by Crippen LogP contribution is 2.39. The molecule has 28 heavy (non-hydrogen) atoms. The molecule has 1 atom stereocenters. The van der Waals surface area contributed by atoms with Crippen molar-refractivity contribution in [1.82, 2.24) is 4.57 Å². The zero-order valence-corrected chi connectivity index (χ0v) is 15.7. The summed E-state index contributed by atoms with van der Waals surface area (Å²) in [7, 11) is -3.92. The highest BCUT2D eigenvalue weighted by molar-refractivity contribution is 7.86. The van der Waals surface area contributed by atoms with Crippen LogP contribution in [0.15, 0.2) is 53.6 Å². The molecule has 0 saturated carbocycles. The maximum atomic E-state index is 12.3. The number of ether oxygens (including phenoxy) is 2. The zero-order valence-electron chi connectivity index (χ0n) is 14.9. The number of aromatic nitrogens is 1. The summed E-state index contributed by atoms with van der Waals surface area (Å²) in [5.74, 6) is 0.832. The van der Waals surface area contributed by atoms with Gasteiger partial charge in [-0.25, -0.2) is 4.79 Å². The van der Waals surface area contributed by atoms with Crippen molar-refractivity contribution in [2.45, 2.75) is 17.9 Å². The molecule has 0 amide bonds. The van der Waals surface area contributed by atoms with Crippen molar-refractivity contribution in [1.29, 1.82) is 0 Å². The topological polar surface area (TPSA) is 104 Å². The predicted octanol–water partition coefficient (Wildman–Crippen LogP) is 3.02. The maximum absolute atomic E-state index is 12.3. The van der Waals surface area contributed by atoms with Crippen molar-refractivity contribution in [3.8, 4) is 11.5 Å². The molecular formula is C19H17NO7S. The molecule has 0 bridgehead atoms. The second-order valence-corrected chi connectivity index (χ2v) is 8.01. The van der Waals surface area contributed by atoms with Gasteiger partial charge in [-0.2, -0.15) is 8.42 Å². The molecule has 3 aromatic rings. The fraction of sp³-hybridized carbons (Fsp3) is 0.211. The molecule has 4 rings (SSSR count). The molecule has 1 aliphatic heterocycles. The van der Waals surface area contributed by atoms with E-state index in [9.17, 15) is 18.3 Å². The lowest BCUT2D eigenvalue weighted by atomic mass is 10.2. The Balaban J connectivity index is 1.53. The summed E-state index contributed by atoms with van der Waals surface area (Å²) < 4.78 is 42.4. The van der Waals surface area contributed by atoms with Gasteiger partial charge in [0.05, 0.1) is 10.4 Å². The van der Waals surface area contributed by atoms with Crippen LogP contribution in [0.25, 0.3) is 10.9 Å². The molecule has 2 aromatic carbocycles. The van der Waals surface area contributed by atoms with Gasteiger partial charge in [0, 0.05) is 11.6 Å². The molecule has 0 aliphatic carbocycles. The molecule has 1 N–H and O–H groups in total. The van der Waals surface area contributed by atoms with Gasteiger partial charge in [0.25, 0.3) is 10.1 Å². The fourth-order valence-electron chi connectivity index (χ4n) is 2.98. The van der Waals surface area contributed by atoms with E-state index in [2.05, 4.69) is 0 Å². The number of aryl methyl sites for hydroxylation is 1. The van der Waals surface area contributed by atoms with Crippen LogP contribution in [0.3, 0.4) is 0 Å². The first-order valence-corrected chi connectivity index (χ1v) is 9.89. The average molecular weight is 403 g/mol. The highest BCUT2D eigenvalue weighted by atomic mass is 32.2. The zero-order chi connectivity index (χ0) is 19.9. The minimum Gasteiger partial charge on any atom is -0.486 e. The van der Waals surface area contributed by atoms with E-state index in [1.165, 1.54) is 18.3 Å². The standard InChI is InChI=1S/C19H17NO7S/c1-12-2-4-14(5-3-12)28(23,24)26-11-13-10-25-17-7-6-16-15(18(17)27-13)8-9-20(16)19(21)22/h2-9,13H,10-11H2,1H3,(H,21,22). The van der Waals surface area contributed by atoms with Gasteiger partial charge in [0.2, 0.25) is 0 Å². The van der Waals surface area contributed by atoms with E-state index in [0.29, 0.717) is 22.4 Å². The van der Waals surface area contributed by atoms with Crippen molar-refractivity contribution in [3.05, 3.63) is 54.2 Å². The Morgan fingerprint density at radius 2 is 1.96 bits per heavy atom. The predicted molar refractivity (Wildman–Crippen MR) is 99.6 cm³/mol. The van der Waals surface area contributed by atoms with Gasteiger partial charge in [0.1, 0.15) is 13.2 Å². The quantitative estimate of drug-likeness (QED) is 0.668. The Labute approximate surface area is 161 Å². The highest BCUT2D eigenvalue weighted by Gasteiger charge is 2.27. The van der Waals surface area contributed by atoms with Crippen LogP contribution in [0.2, 0.25) is 0 Å². The average Bonchev–Trinajstić information content (AvgIpc) is 3.11. The number of carbonyl (C=O) groups is 1. The molecule has 1 aliphatic rings. The summed E-state index contributed by atoms with van der Waals surface area (Å²) in [6.45, 7) is 1.74. The van der Waals surface area contributed by atoms with Gasteiger partial charge >= 0.3 is 6.09 Å². The number of carboxylic acid groups (broad SMARTS) is 1. The monoisotopic (exact) mass is 403 g/mol. The smallest absolute Gasteiger partial charge is 0.416 e. The van der Waals surface area contributed by atoms with Crippen LogP contribution in [-0.4, -0.2) is 43.5 Å². The first kappa shape index (κ1) is 18.3. The Hall–Kier alpha value is -3.04. The Bertz CT molecular complexity index is 1150. The van der Waals surface area contributed by atoms with Crippen molar-refractivity contribution < 1.29 is 32.0 Å². The summed E-state index contributed by atoms with van der Waals surface area (Å²) in [6, 6.07) is 11.2. The first-order valence-electron chi connectivity index (χ1n) is 8.48. The van der Waals surface area contributed by atoms with Crippen LogP contribution in [0.4, 0.5) is 4.79 Å². The SMILES string of the molecule is Cc1ccc(S(=O)(=O)OCC2COc3ccc4c(ccn4C(=O)O)c3O2)cc1. The van der Waals surface area contributed by atoms with Gasteiger partial charge < -0.3 is 14.6 Å². The summed E-state index contributed by atoms with van der Waals surface area (Å²) in [6.07, 6.45) is -0.360. The summed E-state index contributed by atoms with van der Waals surface area (Å²) in [5.41, 5.74) is 1.39. The van der Waals surface area contributed by atoms with Crippen LogP contribution < -0.4 is 9.47 Å². The Kier molecular flexibility index (Phi) is 4.48. The third kappa shape index (κ3) is 3.30. The second-order valence-electron chi connectivity index (χ2n) is 6.40. The lowest BCUT2D eigenvalue weighted by molar-refractivity contribution is 0.0571. The fourth-order valence-corrected chi connectivity index (χ4v) is 3.91. The maximum Gasteiger partial charge on any atom is 0.416 e. The van der Waals surface area contributed by atoms with Gasteiger partial charge in [-0.3, -0.25) is 8.75 Å². The van der Waals surface area contributed by atoms with Crippen LogP contribution in [-0.2, 0) is 14.3 Å². The number of rotatable bonds is 4. The molecule has 0 fully saturated rings. The summed E-state index contributed by atoms with van der Waals surface area (Å²) >= 11 is 0. The third-order valence-corrected chi connectivity index (χ3v) is 5.72. The van der Waals surface area contributed by atoms with E-state index in [4.69, 9.17) is 13.7 Å². The number of hydrogen-bond acceptors (Lipinski definition) is 6. The summed E-state index contributed by atoms with van der Waals surface area (Å²) in [5, 5.41) is 9.79. The number of benzene rings is 2. The molecule has 0 spiro atoms. The molecule has 2 heterocycles. The molecule has 1 aromatic heterocycles. The van der Waals surface area contributed by atoms with Gasteiger partial charge in [0.15, 0.2) is 17.6 Å². The van der Waals surface area contributed by atoms with Gasteiger partial charge in [-0.1, -0.05) is 17.7 Å². The molecule has 0 radical (unpaired) electrons. The van der Waals surface area contributed by atoms with E-state index in [-0.39, 0.29) is 18.1 Å². The van der Waals surface area contributed by atoms with Crippen molar-refractivity contribution in [2.75, 3.05) is 13.2 Å². The lowest BCUT2D eigenvalue weighted by Gasteiger charge is -2.26. The minimum absolute atomic E-state index is 0.0659. The van der Waals surface area contributed by atoms with Crippen molar-refractivity contribution in [3.63, 3.8) is 0 Å². The largest absolute Gasteiger partial charge is 0.486 e. The van der Waals surface area contributed by atoms with Crippen molar-refractivity contribution >= 4 is 27.1 Å². The van der Waals surface area contributed by atoms with Gasteiger partial charge in [-0.15, -0.1) is 0 Å². The molecule has 1 unspecified atom stereocenters. The van der Waals surface area contributed by atoms with E-state index in [0.717, 1.165) is 10.1 Å². The van der Waals surface area contributed by atoms with Crippen LogP contribution >= 0.6 is 0 Å². The molecule has 8 nitrogen and oxygen atoms in total. The van der Waals surface area contributed by atoms with E-state index < -0.39 is 22.3 Å². The lowest BCUT2D eigenvalue weighted by Crippen LogP contribution is -2.34. The molecule has 146 valence electrons. The van der Waals surface area contributed by atoms with Crippen LogP contribution in [0, 0.1) is 6.92 Å². The summed E-state index contributed by atoms with van der Waals surface area (Å²) in [4.78, 5) is 11.3. The number of nitrogens with zero attached hydrogens (tertiary/aromatic N) is 1. The van der Waals surface area contributed by atoms with Crippen molar-refractivity contribution in [2.24, 2.45) is 0 Å². The van der Waals surface area contributed by atoms with Crippen LogP contribution in [0.1, 0.15) is 5.56 Å². The van der Waals surface area contributed by atoms with E-state index in [1.54, 1.807) is 30.3 Å². The van der Waals surface area contributed by atoms with E-state index >= 15 is 0 Å². The molecular weight excluding hydrogens is 386 g/mol. The second kappa shape index (κ2) is 6.84. The van der Waals surface area contributed by atoms with Crippen LogP contribution in [0.5, 0.6) is 11.5 Å². The van der Waals surface area contributed by atoms with Gasteiger partial charge in [-0.05, 0) is 37.3 Å². The molecule has 9 heteroatoms. The Morgan fingerprint density at radius 3 is 2.68 bits per heavy atom. The third-order valence-electron chi connectivity index (χ3n) is 4.42. The minimum atomic E-state index is -3.92. The number of hydrogen-bond donors (Lipinski definition) is 1. The Morgan fingerprint density at radius 1 is 1.21 bits per heavy atom. The number of fused-ring (bicyclic) bond motifs is 3. The first-order chi connectivity index (χ1) is 13.3.